The number of para-hydroxylation sites is 2. The van der Waals surface area contributed by atoms with Crippen molar-refractivity contribution < 1.29 is 4.42 Å². The van der Waals surface area contributed by atoms with Crippen LogP contribution in [0.3, 0.4) is 0 Å². The van der Waals surface area contributed by atoms with Gasteiger partial charge in [0.15, 0.2) is 0 Å². The van der Waals surface area contributed by atoms with E-state index in [0.29, 0.717) is 0 Å². The number of furan rings is 1. The summed E-state index contributed by atoms with van der Waals surface area (Å²) in [7, 11) is 0. The molecule has 2 nitrogen and oxygen atoms in total. The van der Waals surface area contributed by atoms with Crippen LogP contribution in [0.25, 0.3) is 116 Å². The van der Waals surface area contributed by atoms with Crippen LogP contribution in [0.4, 0.5) is 0 Å². The average Bonchev–Trinajstić information content (AvgIpc) is 3.90. The molecule has 12 aromatic rings. The fraction of sp³-hybridized carbons (Fsp3) is 0. The van der Waals surface area contributed by atoms with Gasteiger partial charge in [0.2, 0.25) is 0 Å². The van der Waals surface area contributed by atoms with Crippen LogP contribution < -0.4 is 0 Å². The quantitative estimate of drug-likeness (QED) is 0.157. The number of hydrogen-bond acceptors (Lipinski definition) is 1. The van der Waals surface area contributed by atoms with Gasteiger partial charge in [-0.1, -0.05) is 200 Å². The van der Waals surface area contributed by atoms with Crippen LogP contribution in [0, 0.1) is 0 Å². The van der Waals surface area contributed by atoms with Crippen molar-refractivity contribution in [1.82, 2.24) is 4.57 Å². The van der Waals surface area contributed by atoms with Gasteiger partial charge in [-0.15, -0.1) is 0 Å². The molecule has 0 N–H and O–H groups in total. The maximum absolute atomic E-state index is 6.72. The summed E-state index contributed by atoms with van der Waals surface area (Å²) in [5.41, 5.74) is 19.2. The van der Waals surface area contributed by atoms with E-state index < -0.39 is 0 Å². The molecule has 0 unspecified atom stereocenters. The Kier molecular flexibility index (Phi) is 8.53. The minimum Gasteiger partial charge on any atom is -0.455 e. The Morgan fingerprint density at radius 2 is 0.710 bits per heavy atom. The lowest BCUT2D eigenvalue weighted by Gasteiger charge is -2.17. The number of benzene rings is 10. The Labute approximate surface area is 360 Å². The molecular weight excluding hydrogens is 751 g/mol. The summed E-state index contributed by atoms with van der Waals surface area (Å²) in [4.78, 5) is 0. The lowest BCUT2D eigenvalue weighted by Crippen LogP contribution is -1.98. The van der Waals surface area contributed by atoms with Gasteiger partial charge in [0.25, 0.3) is 0 Å². The molecule has 0 radical (unpaired) electrons. The van der Waals surface area contributed by atoms with E-state index in [4.69, 9.17) is 4.42 Å². The molecule has 2 heterocycles. The van der Waals surface area contributed by atoms with Gasteiger partial charge >= 0.3 is 0 Å². The molecule has 2 aromatic heterocycles. The van der Waals surface area contributed by atoms with Gasteiger partial charge in [-0.05, 0) is 92.0 Å². The van der Waals surface area contributed by atoms with E-state index >= 15 is 0 Å². The molecule has 12 rings (SSSR count). The lowest BCUT2D eigenvalue weighted by atomic mass is 9.92. The summed E-state index contributed by atoms with van der Waals surface area (Å²) >= 11 is 0. The van der Waals surface area contributed by atoms with Crippen LogP contribution in [0.1, 0.15) is 0 Å². The molecule has 10 aromatic carbocycles. The van der Waals surface area contributed by atoms with E-state index in [1.165, 1.54) is 60.8 Å². The van der Waals surface area contributed by atoms with Crippen molar-refractivity contribution in [3.05, 3.63) is 237 Å². The highest BCUT2D eigenvalue weighted by Gasteiger charge is 2.22. The third-order valence-electron chi connectivity index (χ3n) is 12.5. The van der Waals surface area contributed by atoms with Crippen molar-refractivity contribution >= 4 is 43.7 Å². The van der Waals surface area contributed by atoms with E-state index in [9.17, 15) is 0 Å². The lowest BCUT2D eigenvalue weighted by molar-refractivity contribution is 0.670. The van der Waals surface area contributed by atoms with E-state index in [-0.39, 0.29) is 0 Å². The zero-order chi connectivity index (χ0) is 41.0. The highest BCUT2D eigenvalue weighted by atomic mass is 16.3. The van der Waals surface area contributed by atoms with Crippen molar-refractivity contribution in [1.29, 1.82) is 0 Å². The van der Waals surface area contributed by atoms with E-state index in [1.54, 1.807) is 0 Å². The predicted octanol–water partition coefficient (Wildman–Crippen LogP) is 16.7. The molecule has 0 bridgehead atoms. The van der Waals surface area contributed by atoms with Gasteiger partial charge in [0, 0.05) is 32.7 Å². The number of fused-ring (bicyclic) bond motifs is 6. The standard InChI is InChI=1S/C60H39NO/c1-4-17-40(18-5-1)43-31-34-50(52-28-16-29-53-51-27-14-15-30-59(51)62-60(52)53)58(39-43)61-56-35-32-44(48-25-12-10-23-46(48)41-19-6-2-7-20-41)37-54(56)55-38-45(33-36-57(55)61)49-26-13-11-24-47(49)42-21-8-3-9-22-42/h1-39H. The van der Waals surface area contributed by atoms with Gasteiger partial charge in [-0.3, -0.25) is 0 Å². The Bertz CT molecular complexity index is 3470. The molecule has 0 aliphatic heterocycles. The van der Waals surface area contributed by atoms with Crippen molar-refractivity contribution in [3.63, 3.8) is 0 Å². The average molecular weight is 790 g/mol. The molecule has 0 atom stereocenters. The first kappa shape index (κ1) is 35.7. The molecular formula is C60H39NO. The number of hydrogen-bond donors (Lipinski definition) is 0. The second-order valence-corrected chi connectivity index (χ2v) is 16.0. The Balaban J connectivity index is 1.16. The third-order valence-corrected chi connectivity index (χ3v) is 12.5. The monoisotopic (exact) mass is 789 g/mol. The first-order chi connectivity index (χ1) is 30.8. The summed E-state index contributed by atoms with van der Waals surface area (Å²) in [6, 6.07) is 85.5. The van der Waals surface area contributed by atoms with Crippen molar-refractivity contribution in [2.45, 2.75) is 0 Å². The highest BCUT2D eigenvalue weighted by Crippen LogP contribution is 2.45. The summed E-state index contributed by atoms with van der Waals surface area (Å²) in [5.74, 6) is 0. The number of rotatable bonds is 7. The topological polar surface area (TPSA) is 18.1 Å². The van der Waals surface area contributed by atoms with Crippen LogP contribution in [-0.2, 0) is 0 Å². The Hall–Kier alpha value is -8.20. The first-order valence-corrected chi connectivity index (χ1v) is 21.3. The summed E-state index contributed by atoms with van der Waals surface area (Å²) < 4.78 is 9.20. The summed E-state index contributed by atoms with van der Waals surface area (Å²) in [6.45, 7) is 0. The largest absolute Gasteiger partial charge is 0.455 e. The molecule has 0 saturated carbocycles. The van der Waals surface area contributed by atoms with Crippen molar-refractivity contribution in [2.24, 2.45) is 0 Å². The molecule has 0 saturated heterocycles. The summed E-state index contributed by atoms with van der Waals surface area (Å²) in [5, 5.41) is 4.62. The molecule has 0 amide bonds. The van der Waals surface area contributed by atoms with Crippen LogP contribution in [-0.4, -0.2) is 4.57 Å². The second-order valence-electron chi connectivity index (χ2n) is 16.0. The van der Waals surface area contributed by atoms with Gasteiger partial charge in [-0.25, -0.2) is 0 Å². The molecule has 0 fully saturated rings. The number of aromatic nitrogens is 1. The minimum absolute atomic E-state index is 0.890. The number of nitrogens with zero attached hydrogens (tertiary/aromatic N) is 1. The van der Waals surface area contributed by atoms with Crippen LogP contribution in [0.2, 0.25) is 0 Å². The maximum atomic E-state index is 6.72. The van der Waals surface area contributed by atoms with Crippen molar-refractivity contribution in [3.8, 4) is 72.4 Å². The normalized spacial score (nSPS) is 11.5. The minimum atomic E-state index is 0.890. The van der Waals surface area contributed by atoms with E-state index in [1.807, 2.05) is 6.07 Å². The molecule has 2 heteroatoms. The highest BCUT2D eigenvalue weighted by molar-refractivity contribution is 6.14. The van der Waals surface area contributed by atoms with Gasteiger partial charge in [0.1, 0.15) is 11.2 Å². The van der Waals surface area contributed by atoms with Crippen LogP contribution in [0.15, 0.2) is 241 Å². The zero-order valence-corrected chi connectivity index (χ0v) is 33.9. The summed E-state index contributed by atoms with van der Waals surface area (Å²) in [6.07, 6.45) is 0. The predicted molar refractivity (Wildman–Crippen MR) is 261 cm³/mol. The fourth-order valence-corrected chi connectivity index (χ4v) is 9.54. The zero-order valence-electron chi connectivity index (χ0n) is 33.9. The van der Waals surface area contributed by atoms with Gasteiger partial charge in [0.05, 0.1) is 16.7 Å². The molecule has 290 valence electrons. The van der Waals surface area contributed by atoms with E-state index in [2.05, 4.69) is 235 Å². The smallest absolute Gasteiger partial charge is 0.143 e. The van der Waals surface area contributed by atoms with Crippen LogP contribution in [0.5, 0.6) is 0 Å². The third kappa shape index (κ3) is 5.96. The van der Waals surface area contributed by atoms with Crippen LogP contribution >= 0.6 is 0 Å². The molecule has 0 spiro atoms. The molecule has 0 aliphatic rings. The van der Waals surface area contributed by atoms with Gasteiger partial charge in [-0.2, -0.15) is 0 Å². The fourth-order valence-electron chi connectivity index (χ4n) is 9.54. The van der Waals surface area contributed by atoms with Gasteiger partial charge < -0.3 is 8.98 Å². The second kappa shape index (κ2) is 14.8. The Morgan fingerprint density at radius 1 is 0.258 bits per heavy atom. The molecule has 0 aliphatic carbocycles. The van der Waals surface area contributed by atoms with Crippen molar-refractivity contribution in [2.75, 3.05) is 0 Å². The van der Waals surface area contributed by atoms with E-state index in [0.717, 1.165) is 55.3 Å². The first-order valence-electron chi connectivity index (χ1n) is 21.3. The maximum Gasteiger partial charge on any atom is 0.143 e. The Morgan fingerprint density at radius 3 is 1.29 bits per heavy atom. The molecule has 62 heavy (non-hydrogen) atoms. The SMILES string of the molecule is c1ccc(-c2ccc(-c3cccc4c3oc3ccccc34)c(-n3c4ccc(-c5ccccc5-c5ccccc5)cc4c4cc(-c5ccccc5-c5ccccc5)ccc43)c2)cc1.